The maximum Gasteiger partial charge on any atom is 0.221 e. The third-order valence-electron chi connectivity index (χ3n) is 2.77. The smallest absolute Gasteiger partial charge is 0.221 e. The van der Waals surface area contributed by atoms with E-state index in [1.165, 1.54) is 0 Å². The molecule has 1 aromatic heterocycles. The third kappa shape index (κ3) is 5.23. The van der Waals surface area contributed by atoms with Crippen molar-refractivity contribution in [1.82, 2.24) is 10.4 Å². The van der Waals surface area contributed by atoms with Crippen LogP contribution in [-0.2, 0) is 11.4 Å². The van der Waals surface area contributed by atoms with Crippen LogP contribution in [-0.4, -0.2) is 18.4 Å². The Kier molecular flexibility index (Phi) is 7.74. The Morgan fingerprint density at radius 2 is 2.09 bits per heavy atom. The Morgan fingerprint density at radius 1 is 1.36 bits per heavy atom. The van der Waals surface area contributed by atoms with Gasteiger partial charge in [0.2, 0.25) is 12.3 Å². The standard InChI is InChI=1S/C14H15ClN2O.CH4N2O/c1-10-5-4-8-17-14(10)18-9-11-12(15)6-3-7-13(11)16-2;2-3-1-4/h3-8,16H,9H2,1-2H3;1H,2H2,(H,3,4). The second-order valence-electron chi connectivity index (χ2n) is 4.21. The number of pyridine rings is 1. The van der Waals surface area contributed by atoms with Gasteiger partial charge >= 0.3 is 0 Å². The lowest BCUT2D eigenvalue weighted by Crippen LogP contribution is -2.18. The number of hydrogen-bond donors (Lipinski definition) is 3. The fourth-order valence-corrected chi connectivity index (χ4v) is 1.93. The molecule has 0 saturated carbocycles. The van der Waals surface area contributed by atoms with Gasteiger partial charge in [0.05, 0.1) is 0 Å². The molecule has 2 aromatic rings. The van der Waals surface area contributed by atoms with Crippen LogP contribution in [0.2, 0.25) is 5.02 Å². The average Bonchev–Trinajstić information content (AvgIpc) is 2.55. The first-order valence-corrected chi connectivity index (χ1v) is 6.91. The summed E-state index contributed by atoms with van der Waals surface area (Å²) in [6.45, 7) is 2.36. The molecule has 2 rings (SSSR count). The second-order valence-corrected chi connectivity index (χ2v) is 4.62. The largest absolute Gasteiger partial charge is 0.472 e. The van der Waals surface area contributed by atoms with Crippen molar-refractivity contribution in [3.63, 3.8) is 0 Å². The van der Waals surface area contributed by atoms with E-state index in [-0.39, 0.29) is 0 Å². The molecule has 0 aliphatic carbocycles. The van der Waals surface area contributed by atoms with E-state index in [1.807, 2.05) is 44.3 Å². The van der Waals surface area contributed by atoms with E-state index in [1.54, 1.807) is 11.6 Å². The molecule has 0 fully saturated rings. The number of rotatable bonds is 5. The van der Waals surface area contributed by atoms with Crippen molar-refractivity contribution < 1.29 is 9.53 Å². The summed E-state index contributed by atoms with van der Waals surface area (Å²) in [6.07, 6.45) is 2.12. The van der Waals surface area contributed by atoms with Gasteiger partial charge in [-0.05, 0) is 25.1 Å². The molecule has 0 saturated heterocycles. The third-order valence-corrected chi connectivity index (χ3v) is 3.12. The maximum absolute atomic E-state index is 8.94. The highest BCUT2D eigenvalue weighted by atomic mass is 35.5. The molecule has 0 bridgehead atoms. The minimum atomic E-state index is 0.397. The van der Waals surface area contributed by atoms with Crippen molar-refractivity contribution in [3.8, 4) is 5.88 Å². The number of aryl methyl sites for hydroxylation is 1. The first-order chi connectivity index (χ1) is 10.6. The summed E-state index contributed by atoms with van der Waals surface area (Å²) in [4.78, 5) is 13.1. The van der Waals surface area contributed by atoms with Gasteiger partial charge in [0.1, 0.15) is 6.61 Å². The van der Waals surface area contributed by atoms with Gasteiger partial charge in [-0.2, -0.15) is 0 Å². The number of nitrogens with one attached hydrogen (secondary N) is 2. The summed E-state index contributed by atoms with van der Waals surface area (Å²) in [7, 11) is 1.86. The molecular formula is C15H19ClN4O2. The molecule has 1 heterocycles. The van der Waals surface area contributed by atoms with E-state index in [0.29, 0.717) is 23.9 Å². The Hall–Kier alpha value is -2.31. The Labute approximate surface area is 134 Å². The highest BCUT2D eigenvalue weighted by Gasteiger charge is 2.08. The number of amides is 1. The highest BCUT2D eigenvalue weighted by molar-refractivity contribution is 6.31. The minimum absolute atomic E-state index is 0.397. The SMILES string of the molecule is CNc1cccc(Cl)c1COc1ncccc1C.NNC=O. The summed E-state index contributed by atoms with van der Waals surface area (Å²) >= 11 is 6.17. The molecule has 1 amide bonds. The van der Waals surface area contributed by atoms with E-state index >= 15 is 0 Å². The van der Waals surface area contributed by atoms with Crippen LogP contribution in [0.5, 0.6) is 5.88 Å². The summed E-state index contributed by atoms with van der Waals surface area (Å²) in [6, 6.07) is 9.58. The maximum atomic E-state index is 8.94. The number of hydrogen-bond acceptors (Lipinski definition) is 5. The Morgan fingerprint density at radius 3 is 2.68 bits per heavy atom. The van der Waals surface area contributed by atoms with Gasteiger partial charge in [-0.15, -0.1) is 0 Å². The van der Waals surface area contributed by atoms with Crippen molar-refractivity contribution in [2.24, 2.45) is 5.84 Å². The van der Waals surface area contributed by atoms with Crippen molar-refractivity contribution in [3.05, 3.63) is 52.7 Å². The van der Waals surface area contributed by atoms with Crippen molar-refractivity contribution in [1.29, 1.82) is 0 Å². The Balaban J connectivity index is 0.000000541. The summed E-state index contributed by atoms with van der Waals surface area (Å²) in [5.74, 6) is 5.05. The number of anilines is 1. The number of hydrazine groups is 1. The molecule has 0 unspecified atom stereocenters. The van der Waals surface area contributed by atoms with E-state index < -0.39 is 0 Å². The molecule has 118 valence electrons. The van der Waals surface area contributed by atoms with Crippen molar-refractivity contribution in [2.75, 3.05) is 12.4 Å². The van der Waals surface area contributed by atoms with Crippen LogP contribution in [0.15, 0.2) is 36.5 Å². The molecular weight excluding hydrogens is 304 g/mol. The lowest BCUT2D eigenvalue weighted by atomic mass is 10.2. The van der Waals surface area contributed by atoms with E-state index in [0.717, 1.165) is 16.8 Å². The normalized spacial score (nSPS) is 9.27. The van der Waals surface area contributed by atoms with Crippen LogP contribution in [0, 0.1) is 6.92 Å². The minimum Gasteiger partial charge on any atom is -0.472 e. The number of carbonyl (C=O) groups is 1. The zero-order valence-electron chi connectivity index (χ0n) is 12.5. The van der Waals surface area contributed by atoms with Gasteiger partial charge in [-0.3, -0.25) is 10.2 Å². The molecule has 7 heteroatoms. The number of ether oxygens (including phenoxy) is 1. The average molecular weight is 323 g/mol. The van der Waals surface area contributed by atoms with Gasteiger partial charge in [-0.25, -0.2) is 10.8 Å². The van der Waals surface area contributed by atoms with E-state index in [9.17, 15) is 0 Å². The Bertz CT molecular complexity index is 608. The first-order valence-electron chi connectivity index (χ1n) is 6.53. The zero-order valence-corrected chi connectivity index (χ0v) is 13.2. The molecule has 6 nitrogen and oxygen atoms in total. The molecule has 0 aliphatic rings. The number of halogens is 1. The van der Waals surface area contributed by atoms with Crippen LogP contribution >= 0.6 is 11.6 Å². The fourth-order valence-electron chi connectivity index (χ4n) is 1.70. The number of nitrogens with zero attached hydrogens (tertiary/aromatic N) is 1. The monoisotopic (exact) mass is 322 g/mol. The first kappa shape index (κ1) is 17.7. The molecule has 22 heavy (non-hydrogen) atoms. The molecule has 0 aliphatic heterocycles. The topological polar surface area (TPSA) is 89.3 Å². The van der Waals surface area contributed by atoms with Crippen molar-refractivity contribution in [2.45, 2.75) is 13.5 Å². The number of carbonyl (C=O) groups excluding carboxylic acids is 1. The zero-order chi connectivity index (χ0) is 16.4. The van der Waals surface area contributed by atoms with Gasteiger partial charge in [0.25, 0.3) is 0 Å². The van der Waals surface area contributed by atoms with Crippen LogP contribution in [0.3, 0.4) is 0 Å². The summed E-state index contributed by atoms with van der Waals surface area (Å²) in [5, 5.41) is 3.79. The lowest BCUT2D eigenvalue weighted by Gasteiger charge is -2.12. The number of nitrogens with two attached hydrogens (primary N) is 1. The van der Waals surface area contributed by atoms with Gasteiger partial charge in [0.15, 0.2) is 0 Å². The summed E-state index contributed by atoms with van der Waals surface area (Å²) < 4.78 is 5.71. The predicted octanol–water partition coefficient (Wildman–Crippen LogP) is 2.27. The number of aromatic nitrogens is 1. The highest BCUT2D eigenvalue weighted by Crippen LogP contribution is 2.25. The van der Waals surface area contributed by atoms with Crippen molar-refractivity contribution >= 4 is 23.7 Å². The van der Waals surface area contributed by atoms with Gasteiger partial charge in [-0.1, -0.05) is 23.7 Å². The molecule has 4 N–H and O–H groups in total. The van der Waals surface area contributed by atoms with Gasteiger partial charge in [0, 0.05) is 35.1 Å². The van der Waals surface area contributed by atoms with E-state index in [4.69, 9.17) is 21.1 Å². The quantitative estimate of drug-likeness (QED) is 0.340. The van der Waals surface area contributed by atoms with Crippen LogP contribution in [0.25, 0.3) is 0 Å². The van der Waals surface area contributed by atoms with E-state index in [2.05, 4.69) is 16.1 Å². The predicted molar refractivity (Wildman–Crippen MR) is 87.7 cm³/mol. The molecule has 0 atom stereocenters. The second kappa shape index (κ2) is 9.59. The molecule has 0 spiro atoms. The fraction of sp³-hybridized carbons (Fsp3) is 0.200. The van der Waals surface area contributed by atoms with Gasteiger partial charge < -0.3 is 10.1 Å². The molecule has 0 radical (unpaired) electrons. The van der Waals surface area contributed by atoms with Crippen LogP contribution in [0.4, 0.5) is 5.69 Å². The van der Waals surface area contributed by atoms with Crippen LogP contribution in [0.1, 0.15) is 11.1 Å². The molecule has 1 aromatic carbocycles. The van der Waals surface area contributed by atoms with Crippen LogP contribution < -0.4 is 21.3 Å². The lowest BCUT2D eigenvalue weighted by molar-refractivity contribution is -0.109. The summed E-state index contributed by atoms with van der Waals surface area (Å²) in [5.41, 5.74) is 4.67. The number of benzene rings is 1.